The van der Waals surface area contributed by atoms with Crippen molar-refractivity contribution in [2.75, 3.05) is 5.32 Å². The van der Waals surface area contributed by atoms with Crippen molar-refractivity contribution in [1.82, 2.24) is 25.4 Å². The maximum absolute atomic E-state index is 11.8. The lowest BCUT2D eigenvalue weighted by Crippen LogP contribution is -2.31. The summed E-state index contributed by atoms with van der Waals surface area (Å²) in [4.78, 5) is 27.0. The van der Waals surface area contributed by atoms with Crippen LogP contribution in [0.1, 0.15) is 5.56 Å². The van der Waals surface area contributed by atoms with E-state index >= 15 is 0 Å². The average molecular weight is 328 g/mol. The van der Waals surface area contributed by atoms with Crippen LogP contribution in [0.5, 0.6) is 5.88 Å². The third-order valence-electron chi connectivity index (χ3n) is 3.16. The van der Waals surface area contributed by atoms with Gasteiger partial charge in [0.25, 0.3) is 5.56 Å². The zero-order chi connectivity index (χ0) is 17.1. The molecule has 0 aliphatic carbocycles. The first kappa shape index (κ1) is 15.0. The molecule has 11 nitrogen and oxygen atoms in total. The van der Waals surface area contributed by atoms with E-state index < -0.39 is 17.1 Å². The summed E-state index contributed by atoms with van der Waals surface area (Å²) < 4.78 is 0. The van der Waals surface area contributed by atoms with Crippen molar-refractivity contribution in [3.05, 3.63) is 56.9 Å². The molecule has 2 aromatic heterocycles. The van der Waals surface area contributed by atoms with Crippen molar-refractivity contribution in [3.8, 4) is 17.1 Å². The Labute approximate surface area is 133 Å². The second-order valence-electron chi connectivity index (χ2n) is 4.68. The highest BCUT2D eigenvalue weighted by Crippen LogP contribution is 2.19. The smallest absolute Gasteiger partial charge is 0.328 e. The molecule has 0 radical (unpaired) electrons. The van der Waals surface area contributed by atoms with Gasteiger partial charge in [0.2, 0.25) is 5.88 Å². The van der Waals surface area contributed by atoms with Crippen LogP contribution in [0.3, 0.4) is 0 Å². The molecule has 0 saturated heterocycles. The van der Waals surface area contributed by atoms with Crippen molar-refractivity contribution in [3.63, 3.8) is 0 Å². The minimum absolute atomic E-state index is 0.110. The number of H-pyrrole nitrogens is 3. The summed E-state index contributed by atoms with van der Waals surface area (Å²) in [5.74, 6) is 4.54. The van der Waals surface area contributed by atoms with Gasteiger partial charge in [-0.2, -0.15) is 5.10 Å². The molecule has 0 amide bonds. The number of hydrogen-bond acceptors (Lipinski definition) is 7. The van der Waals surface area contributed by atoms with Crippen molar-refractivity contribution < 1.29 is 5.11 Å². The largest absolute Gasteiger partial charge is 0.494 e. The van der Waals surface area contributed by atoms with Gasteiger partial charge in [-0.15, -0.1) is 5.10 Å². The summed E-state index contributed by atoms with van der Waals surface area (Å²) in [5.41, 5.74) is 0.202. The molecule has 0 saturated carbocycles. The quantitative estimate of drug-likeness (QED) is 0.159. The topological polar surface area (TPSA) is 178 Å². The van der Waals surface area contributed by atoms with Gasteiger partial charge < -0.3 is 16.3 Å². The Bertz CT molecular complexity index is 985. The van der Waals surface area contributed by atoms with Gasteiger partial charge in [0, 0.05) is 11.3 Å². The molecule has 24 heavy (non-hydrogen) atoms. The number of aromatic amines is 3. The van der Waals surface area contributed by atoms with Crippen molar-refractivity contribution >= 4 is 11.5 Å². The molecule has 0 spiro atoms. The van der Waals surface area contributed by atoms with Crippen LogP contribution < -0.4 is 22.4 Å². The molecule has 7 N–H and O–H groups in total. The zero-order valence-electron chi connectivity index (χ0n) is 12.1. The van der Waals surface area contributed by atoms with Crippen LogP contribution in [0.4, 0.5) is 5.69 Å². The Morgan fingerprint density at radius 2 is 1.96 bits per heavy atom. The van der Waals surface area contributed by atoms with E-state index in [1.54, 1.807) is 30.5 Å². The molecule has 122 valence electrons. The van der Waals surface area contributed by atoms with Gasteiger partial charge in [-0.1, -0.05) is 17.3 Å². The summed E-state index contributed by atoms with van der Waals surface area (Å²) in [5, 5.41) is 26.1. The van der Waals surface area contributed by atoms with Crippen LogP contribution in [0, 0.1) is 0 Å². The Morgan fingerprint density at radius 3 is 2.54 bits per heavy atom. The molecule has 3 aromatic rings. The third-order valence-corrected chi connectivity index (χ3v) is 3.16. The molecule has 0 fully saturated rings. The molecular formula is C13H12N8O3. The minimum Gasteiger partial charge on any atom is -0.494 e. The fourth-order valence-electron chi connectivity index (χ4n) is 2.06. The fourth-order valence-corrected chi connectivity index (χ4v) is 2.06. The van der Waals surface area contributed by atoms with Crippen LogP contribution in [0.15, 0.2) is 45.2 Å². The molecule has 11 heteroatoms. The highest BCUT2D eigenvalue weighted by atomic mass is 16.3. The first-order chi connectivity index (χ1) is 11.6. The van der Waals surface area contributed by atoms with E-state index in [1.807, 2.05) is 4.98 Å². The van der Waals surface area contributed by atoms with Crippen LogP contribution in [-0.4, -0.2) is 36.3 Å². The molecule has 2 heterocycles. The lowest BCUT2D eigenvalue weighted by molar-refractivity contribution is 0.447. The normalized spacial score (nSPS) is 11.4. The van der Waals surface area contributed by atoms with E-state index in [0.717, 1.165) is 11.3 Å². The Balaban J connectivity index is 1.89. The van der Waals surface area contributed by atoms with Crippen molar-refractivity contribution in [2.24, 2.45) is 10.9 Å². The molecule has 0 atom stereocenters. The molecule has 0 aliphatic rings. The summed E-state index contributed by atoms with van der Waals surface area (Å²) in [7, 11) is 0. The number of aromatic nitrogens is 5. The number of nitrogens with one attached hydrogen (secondary N) is 4. The maximum Gasteiger partial charge on any atom is 0.328 e. The number of hydrazone groups is 1. The summed E-state index contributed by atoms with van der Waals surface area (Å²) >= 11 is 0. The van der Waals surface area contributed by atoms with Gasteiger partial charge in [0.05, 0.1) is 11.9 Å². The van der Waals surface area contributed by atoms with Gasteiger partial charge in [-0.25, -0.2) is 4.79 Å². The molecule has 0 bridgehead atoms. The van der Waals surface area contributed by atoms with Gasteiger partial charge >= 0.3 is 5.69 Å². The second-order valence-corrected chi connectivity index (χ2v) is 4.68. The predicted molar refractivity (Wildman–Crippen MR) is 85.5 cm³/mol. The van der Waals surface area contributed by atoms with Crippen LogP contribution in [0.25, 0.3) is 11.3 Å². The SMILES string of the molecule is N/N=C(/Nc1ccc(-c2cnn[nH]2)cc1)c1c(O)[nH]c(=O)[nH]c1=O. The number of nitrogens with zero attached hydrogens (tertiary/aromatic N) is 3. The van der Waals surface area contributed by atoms with Crippen LogP contribution >= 0.6 is 0 Å². The summed E-state index contributed by atoms with van der Waals surface area (Å²) in [6.45, 7) is 0. The van der Waals surface area contributed by atoms with E-state index in [1.165, 1.54) is 0 Å². The van der Waals surface area contributed by atoms with E-state index in [-0.39, 0.29) is 11.4 Å². The lowest BCUT2D eigenvalue weighted by Gasteiger charge is -2.09. The number of rotatable bonds is 3. The van der Waals surface area contributed by atoms with E-state index in [9.17, 15) is 14.7 Å². The number of anilines is 1. The van der Waals surface area contributed by atoms with Crippen molar-refractivity contribution in [1.29, 1.82) is 0 Å². The number of benzene rings is 1. The van der Waals surface area contributed by atoms with E-state index in [4.69, 9.17) is 5.84 Å². The Kier molecular flexibility index (Phi) is 3.81. The van der Waals surface area contributed by atoms with Crippen LogP contribution in [-0.2, 0) is 0 Å². The minimum atomic E-state index is -0.838. The number of hydrogen-bond donors (Lipinski definition) is 6. The lowest BCUT2D eigenvalue weighted by atomic mass is 10.1. The van der Waals surface area contributed by atoms with Crippen LogP contribution in [0.2, 0.25) is 0 Å². The summed E-state index contributed by atoms with van der Waals surface area (Å²) in [6, 6.07) is 6.97. The number of aromatic hydroxyl groups is 1. The van der Waals surface area contributed by atoms with E-state index in [0.29, 0.717) is 5.69 Å². The van der Waals surface area contributed by atoms with Gasteiger partial charge in [0.15, 0.2) is 5.84 Å². The highest BCUT2D eigenvalue weighted by molar-refractivity contribution is 6.09. The van der Waals surface area contributed by atoms with Gasteiger partial charge in [-0.05, 0) is 12.1 Å². The van der Waals surface area contributed by atoms with Gasteiger partial charge in [-0.3, -0.25) is 19.9 Å². The first-order valence-electron chi connectivity index (χ1n) is 6.66. The molecular weight excluding hydrogens is 316 g/mol. The highest BCUT2D eigenvalue weighted by Gasteiger charge is 2.16. The summed E-state index contributed by atoms with van der Waals surface area (Å²) in [6.07, 6.45) is 1.58. The second kappa shape index (κ2) is 6.08. The average Bonchev–Trinajstić information content (AvgIpc) is 3.08. The zero-order valence-corrected chi connectivity index (χ0v) is 12.1. The molecule has 0 unspecified atom stereocenters. The van der Waals surface area contributed by atoms with E-state index in [2.05, 4.69) is 30.8 Å². The molecule has 0 aliphatic heterocycles. The number of nitrogens with two attached hydrogens (primary N) is 1. The Hall–Kier alpha value is -3.89. The monoisotopic (exact) mass is 328 g/mol. The Morgan fingerprint density at radius 1 is 1.21 bits per heavy atom. The van der Waals surface area contributed by atoms with Crippen molar-refractivity contribution in [2.45, 2.75) is 0 Å². The standard InChI is InChI=1S/C13H12N8O3/c14-19-10(9-11(22)17-13(24)18-12(9)23)16-7-3-1-6(2-4-7)8-5-15-21-20-8/h1-5H,14H2,(H,16,19)(H,15,20,21)(H3,17,18,22,23,24). The molecule has 3 rings (SSSR count). The predicted octanol–water partition coefficient (Wildman–Crippen LogP) is -0.714. The maximum atomic E-state index is 11.8. The van der Waals surface area contributed by atoms with Gasteiger partial charge in [0.1, 0.15) is 5.56 Å². The third kappa shape index (κ3) is 2.85. The number of amidine groups is 1. The fraction of sp³-hybridized carbons (Fsp3) is 0. The first-order valence-corrected chi connectivity index (χ1v) is 6.66. The molecule has 1 aromatic carbocycles.